The molecule has 0 aliphatic carbocycles. The van der Waals surface area contributed by atoms with Crippen molar-refractivity contribution < 1.29 is 24.2 Å². The molecule has 0 saturated carbocycles. The molecule has 178 valence electrons. The number of carbonyl (C=O) groups is 2. The number of rotatable bonds is 18. The molecule has 1 N–H and O–H groups in total. The molecular formula is C26H44O5. The maximum atomic E-state index is 12.0. The van der Waals surface area contributed by atoms with Crippen molar-refractivity contribution in [3.63, 3.8) is 0 Å². The highest BCUT2D eigenvalue weighted by atomic mass is 16.6. The average Bonchev–Trinajstić information content (AvgIpc) is 3.08. The zero-order valence-corrected chi connectivity index (χ0v) is 19.8. The fraction of sp³-hybridized carbons (Fsp3) is 0.769. The lowest BCUT2D eigenvalue weighted by Gasteiger charge is -2.23. The standard InChI is InChI=1S/C26H44O5/c1-3-4-5-6-7-8-9-10-11-12-13-14-15-16-17-18-19-24-20-26(21-27,31-25(24)29)22-30-23(2)28/h10-11,19,27H,3-9,12-18,20-22H2,1-2H3/b11-10+,24-19+. The molecule has 31 heavy (non-hydrogen) atoms. The summed E-state index contributed by atoms with van der Waals surface area (Å²) in [4.78, 5) is 23.0. The van der Waals surface area contributed by atoms with Gasteiger partial charge in [-0.1, -0.05) is 76.5 Å². The molecular weight excluding hydrogens is 392 g/mol. The summed E-state index contributed by atoms with van der Waals surface area (Å²) in [6, 6.07) is 0. The molecule has 0 amide bonds. The van der Waals surface area contributed by atoms with Gasteiger partial charge in [0, 0.05) is 18.9 Å². The minimum atomic E-state index is -1.11. The van der Waals surface area contributed by atoms with E-state index in [-0.39, 0.29) is 13.2 Å². The van der Waals surface area contributed by atoms with Gasteiger partial charge in [0.2, 0.25) is 0 Å². The number of aliphatic hydroxyl groups is 1. The monoisotopic (exact) mass is 436 g/mol. The molecule has 0 aromatic carbocycles. The van der Waals surface area contributed by atoms with Crippen LogP contribution in [0, 0.1) is 0 Å². The smallest absolute Gasteiger partial charge is 0.334 e. The van der Waals surface area contributed by atoms with E-state index in [0.717, 1.165) is 19.3 Å². The predicted molar refractivity (Wildman–Crippen MR) is 125 cm³/mol. The van der Waals surface area contributed by atoms with E-state index in [1.165, 1.54) is 77.6 Å². The van der Waals surface area contributed by atoms with Gasteiger partial charge in [-0.2, -0.15) is 0 Å². The molecule has 1 fully saturated rings. The van der Waals surface area contributed by atoms with Crippen LogP contribution in [-0.2, 0) is 19.1 Å². The van der Waals surface area contributed by atoms with E-state index in [0.29, 0.717) is 12.0 Å². The Kier molecular flexibility index (Phi) is 15.0. The van der Waals surface area contributed by atoms with Gasteiger partial charge in [-0.3, -0.25) is 4.79 Å². The third kappa shape index (κ3) is 12.7. The van der Waals surface area contributed by atoms with Crippen LogP contribution in [0.1, 0.15) is 110 Å². The van der Waals surface area contributed by atoms with Crippen molar-refractivity contribution in [2.24, 2.45) is 0 Å². The second-order valence-electron chi connectivity index (χ2n) is 8.79. The number of allylic oxidation sites excluding steroid dienone is 3. The molecule has 5 heteroatoms. The minimum absolute atomic E-state index is 0.102. The van der Waals surface area contributed by atoms with Crippen LogP contribution in [0.4, 0.5) is 0 Å². The molecule has 1 heterocycles. The maximum absolute atomic E-state index is 12.0. The number of carbonyl (C=O) groups excluding carboxylic acids is 2. The van der Waals surface area contributed by atoms with Crippen LogP contribution in [0.3, 0.4) is 0 Å². The van der Waals surface area contributed by atoms with Gasteiger partial charge in [0.05, 0.1) is 6.61 Å². The number of esters is 2. The van der Waals surface area contributed by atoms with Crippen LogP contribution in [0.5, 0.6) is 0 Å². The summed E-state index contributed by atoms with van der Waals surface area (Å²) in [6.07, 6.45) is 24.2. The van der Waals surface area contributed by atoms with Gasteiger partial charge in [0.15, 0.2) is 5.60 Å². The van der Waals surface area contributed by atoms with E-state index >= 15 is 0 Å². The lowest BCUT2D eigenvalue weighted by atomic mass is 9.98. The topological polar surface area (TPSA) is 72.8 Å². The normalized spacial score (nSPS) is 20.0. The summed E-state index contributed by atoms with van der Waals surface area (Å²) < 4.78 is 10.2. The number of hydrogen-bond acceptors (Lipinski definition) is 5. The fourth-order valence-electron chi connectivity index (χ4n) is 3.81. The molecule has 1 saturated heterocycles. The van der Waals surface area contributed by atoms with Crippen LogP contribution in [0.25, 0.3) is 0 Å². The second-order valence-corrected chi connectivity index (χ2v) is 8.79. The highest BCUT2D eigenvalue weighted by Crippen LogP contribution is 2.31. The summed E-state index contributed by atoms with van der Waals surface area (Å²) in [6.45, 7) is 3.10. The molecule has 0 aromatic heterocycles. The van der Waals surface area contributed by atoms with Crippen molar-refractivity contribution in [2.45, 2.75) is 116 Å². The number of hydrogen-bond donors (Lipinski definition) is 1. The third-order valence-corrected chi connectivity index (χ3v) is 5.77. The largest absolute Gasteiger partial charge is 0.462 e. The van der Waals surface area contributed by atoms with Gasteiger partial charge >= 0.3 is 11.9 Å². The minimum Gasteiger partial charge on any atom is -0.462 e. The summed E-state index contributed by atoms with van der Waals surface area (Å²) in [5.41, 5.74) is -0.534. The Bertz CT molecular complexity index is 566. The average molecular weight is 437 g/mol. The Morgan fingerprint density at radius 1 is 0.968 bits per heavy atom. The van der Waals surface area contributed by atoms with Gasteiger partial charge in [-0.15, -0.1) is 0 Å². The lowest BCUT2D eigenvalue weighted by molar-refractivity contribution is -0.164. The molecule has 1 atom stereocenters. The van der Waals surface area contributed by atoms with E-state index in [2.05, 4.69) is 19.1 Å². The van der Waals surface area contributed by atoms with E-state index in [1.807, 2.05) is 6.08 Å². The first kappa shape index (κ1) is 27.4. The third-order valence-electron chi connectivity index (χ3n) is 5.77. The first-order chi connectivity index (χ1) is 15.0. The zero-order chi connectivity index (χ0) is 22.8. The van der Waals surface area contributed by atoms with Gasteiger partial charge in [0.1, 0.15) is 6.61 Å². The van der Waals surface area contributed by atoms with Crippen LogP contribution in [0.2, 0.25) is 0 Å². The van der Waals surface area contributed by atoms with Crippen LogP contribution >= 0.6 is 0 Å². The SMILES string of the molecule is CCCCCCCC/C=C/CCCCCCC/C=C1\CC(CO)(COC(C)=O)OC1=O. The number of ether oxygens (including phenoxy) is 2. The van der Waals surface area contributed by atoms with E-state index < -0.39 is 17.5 Å². The van der Waals surface area contributed by atoms with Gasteiger partial charge in [-0.05, 0) is 38.5 Å². The van der Waals surface area contributed by atoms with E-state index in [1.54, 1.807) is 0 Å². The summed E-state index contributed by atoms with van der Waals surface area (Å²) in [7, 11) is 0. The molecule has 5 nitrogen and oxygen atoms in total. The van der Waals surface area contributed by atoms with E-state index in [4.69, 9.17) is 9.47 Å². The van der Waals surface area contributed by atoms with Crippen LogP contribution < -0.4 is 0 Å². The number of aliphatic hydroxyl groups excluding tert-OH is 1. The lowest BCUT2D eigenvalue weighted by Crippen LogP contribution is -2.39. The predicted octanol–water partition coefficient (Wildman–Crippen LogP) is 6.19. The zero-order valence-electron chi connectivity index (χ0n) is 19.8. The van der Waals surface area contributed by atoms with Gasteiger partial charge < -0.3 is 14.6 Å². The van der Waals surface area contributed by atoms with Crippen molar-refractivity contribution in [2.75, 3.05) is 13.2 Å². The first-order valence-corrected chi connectivity index (χ1v) is 12.3. The number of cyclic esters (lactones) is 1. The molecule has 0 aromatic rings. The molecule has 0 spiro atoms. The van der Waals surface area contributed by atoms with Crippen molar-refractivity contribution in [1.82, 2.24) is 0 Å². The second kappa shape index (κ2) is 17.0. The Morgan fingerprint density at radius 3 is 2.06 bits per heavy atom. The first-order valence-electron chi connectivity index (χ1n) is 12.3. The molecule has 1 unspecified atom stereocenters. The van der Waals surface area contributed by atoms with Crippen LogP contribution in [0.15, 0.2) is 23.8 Å². The van der Waals surface area contributed by atoms with Gasteiger partial charge in [0.25, 0.3) is 0 Å². The molecule has 0 bridgehead atoms. The Hall–Kier alpha value is -1.62. The van der Waals surface area contributed by atoms with Crippen molar-refractivity contribution in [3.05, 3.63) is 23.8 Å². The van der Waals surface area contributed by atoms with Crippen molar-refractivity contribution >= 4 is 11.9 Å². The number of unbranched alkanes of at least 4 members (excludes halogenated alkanes) is 12. The van der Waals surface area contributed by atoms with Crippen molar-refractivity contribution in [3.8, 4) is 0 Å². The maximum Gasteiger partial charge on any atom is 0.334 e. The summed E-state index contributed by atoms with van der Waals surface area (Å²) >= 11 is 0. The Morgan fingerprint density at radius 2 is 1.52 bits per heavy atom. The molecule has 1 aliphatic rings. The van der Waals surface area contributed by atoms with Crippen molar-refractivity contribution in [1.29, 1.82) is 0 Å². The summed E-state index contributed by atoms with van der Waals surface area (Å²) in [5, 5.41) is 9.58. The van der Waals surface area contributed by atoms with Gasteiger partial charge in [-0.25, -0.2) is 4.79 Å². The van der Waals surface area contributed by atoms with Crippen LogP contribution in [-0.4, -0.2) is 35.9 Å². The Balaban J connectivity index is 2.04. The Labute approximate surface area is 189 Å². The fourth-order valence-corrected chi connectivity index (χ4v) is 3.81. The molecule has 1 aliphatic heterocycles. The highest BCUT2D eigenvalue weighted by Gasteiger charge is 2.44. The molecule has 1 rings (SSSR count). The quantitative estimate of drug-likeness (QED) is 0.120. The molecule has 0 radical (unpaired) electrons. The summed E-state index contributed by atoms with van der Waals surface area (Å²) in [5.74, 6) is -0.858. The highest BCUT2D eigenvalue weighted by molar-refractivity contribution is 5.91. The van der Waals surface area contributed by atoms with E-state index in [9.17, 15) is 14.7 Å².